The maximum Gasteiger partial charge on any atom is 0.223 e. The molecule has 0 aromatic rings. The highest BCUT2D eigenvalue weighted by molar-refractivity contribution is 5.84. The quantitative estimate of drug-likeness (QED) is 0.726. The van der Waals surface area contributed by atoms with Gasteiger partial charge >= 0.3 is 0 Å². The number of hydrogen-bond acceptors (Lipinski definition) is 5. The highest BCUT2D eigenvalue weighted by Gasteiger charge is 2.46. The molecule has 0 radical (unpaired) electrons. The van der Waals surface area contributed by atoms with Crippen molar-refractivity contribution in [2.24, 2.45) is 11.3 Å². The molecule has 150 valence electrons. The Morgan fingerprint density at radius 3 is 2.59 bits per heavy atom. The van der Waals surface area contributed by atoms with E-state index in [1.807, 2.05) is 0 Å². The van der Waals surface area contributed by atoms with Crippen LogP contribution in [0.1, 0.15) is 51.4 Å². The highest BCUT2D eigenvalue weighted by Crippen LogP contribution is 2.38. The number of rotatable bonds is 6. The molecule has 2 N–H and O–H groups in total. The Kier molecular flexibility index (Phi) is 7.08. The van der Waals surface area contributed by atoms with Crippen molar-refractivity contribution >= 4 is 11.8 Å². The van der Waals surface area contributed by atoms with Crippen LogP contribution in [0.3, 0.4) is 0 Å². The Morgan fingerprint density at radius 1 is 1.22 bits per heavy atom. The summed E-state index contributed by atoms with van der Waals surface area (Å²) in [4.78, 5) is 26.7. The fraction of sp³-hybridized carbons (Fsp3) is 0.850. The minimum absolute atomic E-state index is 0.0141. The lowest BCUT2D eigenvalue weighted by Crippen LogP contribution is -2.53. The zero-order chi connectivity index (χ0) is 19.1. The lowest BCUT2D eigenvalue weighted by atomic mass is 9.70. The summed E-state index contributed by atoms with van der Waals surface area (Å²) in [6, 6.07) is 2.41. The molecule has 1 saturated carbocycles. The van der Waals surface area contributed by atoms with Gasteiger partial charge in [-0.15, -0.1) is 0 Å². The van der Waals surface area contributed by atoms with Crippen molar-refractivity contribution in [3.63, 3.8) is 0 Å². The van der Waals surface area contributed by atoms with Crippen molar-refractivity contribution in [2.45, 2.75) is 57.4 Å². The minimum atomic E-state index is -0.522. The van der Waals surface area contributed by atoms with Crippen LogP contribution in [0, 0.1) is 22.7 Å². The molecule has 0 unspecified atom stereocenters. The Morgan fingerprint density at radius 2 is 1.96 bits per heavy atom. The Bertz CT molecular complexity index is 556. The maximum atomic E-state index is 12.7. The van der Waals surface area contributed by atoms with E-state index in [1.165, 1.54) is 19.3 Å². The van der Waals surface area contributed by atoms with E-state index in [1.54, 1.807) is 4.90 Å². The molecular weight excluding hydrogens is 344 g/mol. The first-order valence-corrected chi connectivity index (χ1v) is 10.4. The molecule has 0 bridgehead atoms. The van der Waals surface area contributed by atoms with Crippen molar-refractivity contribution in [2.75, 3.05) is 39.4 Å². The zero-order valence-electron chi connectivity index (χ0n) is 16.2. The van der Waals surface area contributed by atoms with Crippen molar-refractivity contribution < 1.29 is 14.3 Å². The van der Waals surface area contributed by atoms with E-state index >= 15 is 0 Å². The molecule has 3 rings (SSSR count). The van der Waals surface area contributed by atoms with Crippen LogP contribution in [0.2, 0.25) is 0 Å². The summed E-state index contributed by atoms with van der Waals surface area (Å²) < 4.78 is 5.27. The summed E-state index contributed by atoms with van der Waals surface area (Å²) in [6.07, 6.45) is 6.90. The third-order valence-corrected chi connectivity index (χ3v) is 6.37. The van der Waals surface area contributed by atoms with Crippen molar-refractivity contribution in [1.29, 1.82) is 5.26 Å². The normalized spacial score (nSPS) is 27.7. The summed E-state index contributed by atoms with van der Waals surface area (Å²) in [5.74, 6) is 0.270. The molecule has 2 saturated heterocycles. The van der Waals surface area contributed by atoms with Gasteiger partial charge in [-0.1, -0.05) is 19.3 Å². The number of nitriles is 1. The monoisotopic (exact) mass is 376 g/mol. The highest BCUT2D eigenvalue weighted by atomic mass is 16.5. The van der Waals surface area contributed by atoms with Crippen LogP contribution in [0.4, 0.5) is 0 Å². The van der Waals surface area contributed by atoms with Gasteiger partial charge in [-0.05, 0) is 31.7 Å². The Labute approximate surface area is 161 Å². The lowest BCUT2D eigenvalue weighted by molar-refractivity contribution is -0.137. The van der Waals surface area contributed by atoms with Crippen LogP contribution < -0.4 is 10.6 Å². The Balaban J connectivity index is 1.58. The average Bonchev–Trinajstić information content (AvgIpc) is 3.21. The third kappa shape index (κ3) is 4.99. The van der Waals surface area contributed by atoms with E-state index in [4.69, 9.17) is 4.74 Å². The zero-order valence-corrected chi connectivity index (χ0v) is 16.2. The van der Waals surface area contributed by atoms with Crippen LogP contribution >= 0.6 is 0 Å². The summed E-state index contributed by atoms with van der Waals surface area (Å²) >= 11 is 0. The standard InChI is InChI=1S/C20H32N4O3/c21-14-20(8-9-22-15-20)19(16-4-2-1-3-5-16)23-17(25)6-7-18(26)24-10-12-27-13-11-24/h16,19,22H,1-13,15H2,(H,23,25)/t19-,20+/m1/s1. The van der Waals surface area contributed by atoms with Crippen molar-refractivity contribution in [1.82, 2.24) is 15.5 Å². The smallest absolute Gasteiger partial charge is 0.223 e. The van der Waals surface area contributed by atoms with Crippen LogP contribution in [-0.2, 0) is 14.3 Å². The van der Waals surface area contributed by atoms with Gasteiger partial charge in [0.05, 0.1) is 30.7 Å². The largest absolute Gasteiger partial charge is 0.378 e. The first kappa shape index (κ1) is 20.1. The van der Waals surface area contributed by atoms with E-state index in [0.717, 1.165) is 25.8 Å². The van der Waals surface area contributed by atoms with Gasteiger partial charge in [0, 0.05) is 32.5 Å². The molecular formula is C20H32N4O3. The van der Waals surface area contributed by atoms with Gasteiger partial charge in [-0.2, -0.15) is 5.26 Å². The van der Waals surface area contributed by atoms with Crippen LogP contribution in [0.5, 0.6) is 0 Å². The maximum absolute atomic E-state index is 12.7. The third-order valence-electron chi connectivity index (χ3n) is 6.37. The molecule has 2 atom stereocenters. The molecule has 7 heteroatoms. The average molecular weight is 377 g/mol. The second-order valence-corrected chi connectivity index (χ2v) is 8.13. The summed E-state index contributed by atoms with van der Waals surface area (Å²) in [6.45, 7) is 3.81. The molecule has 0 spiro atoms. The molecule has 2 aliphatic heterocycles. The predicted octanol–water partition coefficient (Wildman–Crippen LogP) is 1.19. The van der Waals surface area contributed by atoms with Crippen molar-refractivity contribution in [3.8, 4) is 6.07 Å². The fourth-order valence-corrected chi connectivity index (χ4v) is 4.75. The molecule has 2 amide bonds. The van der Waals surface area contributed by atoms with Gasteiger partial charge in [0.25, 0.3) is 0 Å². The van der Waals surface area contributed by atoms with Gasteiger partial charge in [0.2, 0.25) is 11.8 Å². The second-order valence-electron chi connectivity index (χ2n) is 8.13. The van der Waals surface area contributed by atoms with Gasteiger partial charge in [0.15, 0.2) is 0 Å². The van der Waals surface area contributed by atoms with E-state index in [2.05, 4.69) is 16.7 Å². The summed E-state index contributed by atoms with van der Waals surface area (Å²) in [7, 11) is 0. The molecule has 3 fully saturated rings. The number of carbonyl (C=O) groups excluding carboxylic acids is 2. The number of carbonyl (C=O) groups is 2. The summed E-state index contributed by atoms with van der Waals surface area (Å²) in [5, 5.41) is 16.4. The van der Waals surface area contributed by atoms with Gasteiger partial charge in [-0.25, -0.2) is 0 Å². The SMILES string of the molecule is N#C[C@@]1([C@H](NC(=O)CCC(=O)N2CCOCC2)C2CCCCC2)CCNC1. The molecule has 27 heavy (non-hydrogen) atoms. The number of hydrogen-bond donors (Lipinski definition) is 2. The second kappa shape index (κ2) is 9.52. The first-order valence-electron chi connectivity index (χ1n) is 10.4. The molecule has 2 heterocycles. The number of amides is 2. The first-order chi connectivity index (χ1) is 13.1. The molecule has 1 aliphatic carbocycles. The Hall–Kier alpha value is -1.65. The van der Waals surface area contributed by atoms with E-state index in [9.17, 15) is 14.9 Å². The van der Waals surface area contributed by atoms with E-state index < -0.39 is 5.41 Å². The predicted molar refractivity (Wildman–Crippen MR) is 101 cm³/mol. The van der Waals surface area contributed by atoms with E-state index in [-0.39, 0.29) is 30.7 Å². The van der Waals surface area contributed by atoms with Gasteiger partial charge < -0.3 is 20.3 Å². The molecule has 0 aromatic heterocycles. The molecule has 0 aromatic carbocycles. The topological polar surface area (TPSA) is 94.5 Å². The van der Waals surface area contributed by atoms with E-state index in [0.29, 0.717) is 38.8 Å². The minimum Gasteiger partial charge on any atom is -0.378 e. The van der Waals surface area contributed by atoms with Crippen molar-refractivity contribution in [3.05, 3.63) is 0 Å². The molecule has 3 aliphatic rings. The lowest BCUT2D eigenvalue weighted by Gasteiger charge is -2.39. The fourth-order valence-electron chi connectivity index (χ4n) is 4.75. The van der Waals surface area contributed by atoms with Crippen LogP contribution in [-0.4, -0.2) is 62.1 Å². The van der Waals surface area contributed by atoms with Crippen LogP contribution in [0.25, 0.3) is 0 Å². The van der Waals surface area contributed by atoms with Gasteiger partial charge in [-0.3, -0.25) is 9.59 Å². The number of morpholine rings is 1. The number of nitrogens with zero attached hydrogens (tertiary/aromatic N) is 2. The number of nitrogens with one attached hydrogen (secondary N) is 2. The molecule has 7 nitrogen and oxygen atoms in total. The van der Waals surface area contributed by atoms with Gasteiger partial charge in [0.1, 0.15) is 0 Å². The number of ether oxygens (including phenoxy) is 1. The van der Waals surface area contributed by atoms with Crippen LogP contribution in [0.15, 0.2) is 0 Å². The summed E-state index contributed by atoms with van der Waals surface area (Å²) in [5.41, 5.74) is -0.522.